The number of non-ortho nitro benzene ring substituents is 1. The molecule has 0 unspecified atom stereocenters. The summed E-state index contributed by atoms with van der Waals surface area (Å²) in [5.41, 5.74) is 0.907. The number of fused-ring (bicyclic) bond motifs is 1. The molecule has 1 heterocycles. The van der Waals surface area contributed by atoms with Crippen LogP contribution in [0.15, 0.2) is 55.1 Å². The Bertz CT molecular complexity index is 1060. The fourth-order valence-electron chi connectivity index (χ4n) is 2.52. The number of hydrogen-bond donors (Lipinski definition) is 3. The summed E-state index contributed by atoms with van der Waals surface area (Å²) in [5.74, 6) is -0.959. The maximum Gasteiger partial charge on any atom is 0.276 e. The summed E-state index contributed by atoms with van der Waals surface area (Å²) in [7, 11) is 0. The van der Waals surface area contributed by atoms with Crippen molar-refractivity contribution in [3.63, 3.8) is 0 Å². The number of carbonyl (C=O) groups is 2. The molecule has 1 aromatic heterocycles. The van der Waals surface area contributed by atoms with Gasteiger partial charge in [0.1, 0.15) is 0 Å². The Morgan fingerprint density at radius 2 is 2.00 bits per heavy atom. The Kier molecular flexibility index (Phi) is 4.93. The number of para-hydroxylation sites is 1. The van der Waals surface area contributed by atoms with Gasteiger partial charge in [-0.3, -0.25) is 24.8 Å². The van der Waals surface area contributed by atoms with Crippen LogP contribution in [0.2, 0.25) is 0 Å². The summed E-state index contributed by atoms with van der Waals surface area (Å²) in [6, 6.07) is 10.6. The highest BCUT2D eigenvalue weighted by molar-refractivity contribution is 6.13. The first-order valence-corrected chi connectivity index (χ1v) is 7.93. The molecular formula is C18H15N5O4. The fourth-order valence-corrected chi connectivity index (χ4v) is 2.52. The molecule has 0 bridgehead atoms. The topological polar surface area (TPSA) is 130 Å². The highest BCUT2D eigenvalue weighted by atomic mass is 16.6. The number of nitro benzene ring substituents is 1. The van der Waals surface area contributed by atoms with E-state index in [1.807, 2.05) is 0 Å². The van der Waals surface area contributed by atoms with E-state index in [1.165, 1.54) is 18.2 Å². The van der Waals surface area contributed by atoms with Crippen LogP contribution in [0.3, 0.4) is 0 Å². The van der Waals surface area contributed by atoms with Gasteiger partial charge in [-0.2, -0.15) is 5.10 Å². The number of rotatable bonds is 6. The monoisotopic (exact) mass is 365 g/mol. The van der Waals surface area contributed by atoms with Crippen LogP contribution in [-0.4, -0.2) is 33.5 Å². The Morgan fingerprint density at radius 1 is 1.22 bits per heavy atom. The van der Waals surface area contributed by atoms with E-state index in [9.17, 15) is 19.7 Å². The number of nitrogens with zero attached hydrogens (tertiary/aromatic N) is 2. The van der Waals surface area contributed by atoms with E-state index in [1.54, 1.807) is 30.3 Å². The van der Waals surface area contributed by atoms with Crippen LogP contribution >= 0.6 is 0 Å². The highest BCUT2D eigenvalue weighted by Crippen LogP contribution is 2.23. The van der Waals surface area contributed by atoms with E-state index in [0.29, 0.717) is 16.6 Å². The lowest BCUT2D eigenvalue weighted by atomic mass is 10.1. The van der Waals surface area contributed by atoms with Gasteiger partial charge in [-0.05, 0) is 18.2 Å². The SMILES string of the molecule is C=CCNC(=O)c1ccccc1NC(=O)c1n[nH]c2ccc([N+](=O)[O-])cc12. The van der Waals surface area contributed by atoms with E-state index < -0.39 is 10.8 Å². The Hall–Kier alpha value is -4.01. The van der Waals surface area contributed by atoms with E-state index in [0.717, 1.165) is 0 Å². The van der Waals surface area contributed by atoms with Crippen molar-refractivity contribution in [1.82, 2.24) is 15.5 Å². The molecule has 0 aliphatic heterocycles. The molecule has 0 atom stereocenters. The largest absolute Gasteiger partial charge is 0.349 e. The molecule has 0 fully saturated rings. The second kappa shape index (κ2) is 7.48. The maximum absolute atomic E-state index is 12.6. The van der Waals surface area contributed by atoms with Gasteiger partial charge in [0.25, 0.3) is 17.5 Å². The van der Waals surface area contributed by atoms with Gasteiger partial charge in [0.05, 0.1) is 21.7 Å². The number of amides is 2. The van der Waals surface area contributed by atoms with Crippen molar-refractivity contribution in [3.05, 3.63) is 76.5 Å². The number of nitrogens with one attached hydrogen (secondary N) is 3. The smallest absolute Gasteiger partial charge is 0.276 e. The van der Waals surface area contributed by atoms with Gasteiger partial charge < -0.3 is 10.6 Å². The molecule has 9 heteroatoms. The molecule has 136 valence electrons. The van der Waals surface area contributed by atoms with E-state index in [2.05, 4.69) is 27.4 Å². The lowest BCUT2D eigenvalue weighted by Crippen LogP contribution is -2.25. The minimum absolute atomic E-state index is 0.00463. The first-order chi connectivity index (χ1) is 13.0. The average Bonchev–Trinajstić information content (AvgIpc) is 3.09. The van der Waals surface area contributed by atoms with E-state index >= 15 is 0 Å². The molecule has 0 aliphatic carbocycles. The van der Waals surface area contributed by atoms with Gasteiger partial charge in [0, 0.05) is 24.1 Å². The predicted molar refractivity (Wildman–Crippen MR) is 99.7 cm³/mol. The van der Waals surface area contributed by atoms with Crippen molar-refractivity contribution >= 4 is 34.1 Å². The number of nitro groups is 1. The zero-order valence-electron chi connectivity index (χ0n) is 14.1. The third-order valence-electron chi connectivity index (χ3n) is 3.80. The van der Waals surface area contributed by atoms with Crippen LogP contribution in [0.5, 0.6) is 0 Å². The molecule has 0 saturated carbocycles. The van der Waals surface area contributed by atoms with Gasteiger partial charge in [-0.1, -0.05) is 18.2 Å². The Labute approximate surface area is 153 Å². The van der Waals surface area contributed by atoms with Crippen LogP contribution < -0.4 is 10.6 Å². The lowest BCUT2D eigenvalue weighted by Gasteiger charge is -2.10. The van der Waals surface area contributed by atoms with E-state index in [-0.39, 0.29) is 29.4 Å². The number of hydrogen-bond acceptors (Lipinski definition) is 5. The molecule has 3 N–H and O–H groups in total. The molecule has 0 spiro atoms. The van der Waals surface area contributed by atoms with Gasteiger partial charge in [-0.15, -0.1) is 6.58 Å². The predicted octanol–water partition coefficient (Wildman–Crippen LogP) is 2.64. The quantitative estimate of drug-likeness (QED) is 0.351. The minimum Gasteiger partial charge on any atom is -0.349 e. The molecule has 9 nitrogen and oxygen atoms in total. The number of carbonyl (C=O) groups excluding carboxylic acids is 2. The number of aromatic nitrogens is 2. The van der Waals surface area contributed by atoms with E-state index in [4.69, 9.17) is 0 Å². The van der Waals surface area contributed by atoms with Crippen LogP contribution in [0, 0.1) is 10.1 Å². The van der Waals surface area contributed by atoms with Crippen molar-refractivity contribution < 1.29 is 14.5 Å². The molecule has 0 saturated heterocycles. The third-order valence-corrected chi connectivity index (χ3v) is 3.80. The highest BCUT2D eigenvalue weighted by Gasteiger charge is 2.19. The molecular weight excluding hydrogens is 350 g/mol. The summed E-state index contributed by atoms with van der Waals surface area (Å²) in [6.07, 6.45) is 1.54. The summed E-state index contributed by atoms with van der Waals surface area (Å²) in [5, 5.41) is 23.2. The molecule has 0 radical (unpaired) electrons. The summed E-state index contributed by atoms with van der Waals surface area (Å²) >= 11 is 0. The summed E-state index contributed by atoms with van der Waals surface area (Å²) < 4.78 is 0. The fraction of sp³-hybridized carbons (Fsp3) is 0.0556. The zero-order chi connectivity index (χ0) is 19.4. The van der Waals surface area contributed by atoms with Gasteiger partial charge in [0.15, 0.2) is 5.69 Å². The van der Waals surface area contributed by atoms with Crippen LogP contribution in [0.1, 0.15) is 20.8 Å². The van der Waals surface area contributed by atoms with Crippen molar-refractivity contribution in [1.29, 1.82) is 0 Å². The van der Waals surface area contributed by atoms with Crippen molar-refractivity contribution in [2.45, 2.75) is 0 Å². The molecule has 2 amide bonds. The first kappa shape index (κ1) is 17.8. The van der Waals surface area contributed by atoms with Gasteiger partial charge in [-0.25, -0.2) is 0 Å². The number of anilines is 1. The molecule has 3 rings (SSSR count). The van der Waals surface area contributed by atoms with Crippen molar-refractivity contribution in [2.75, 3.05) is 11.9 Å². The second-order valence-corrected chi connectivity index (χ2v) is 5.56. The van der Waals surface area contributed by atoms with Crippen molar-refractivity contribution in [2.24, 2.45) is 0 Å². The lowest BCUT2D eigenvalue weighted by molar-refractivity contribution is -0.384. The maximum atomic E-state index is 12.6. The Balaban J connectivity index is 1.91. The molecule has 3 aromatic rings. The average molecular weight is 365 g/mol. The standard InChI is InChI=1S/C18H15N5O4/c1-2-9-19-17(24)12-5-3-4-6-14(12)20-18(25)16-13-10-11(23(26)27)7-8-15(13)21-22-16/h2-8,10H,1,9H2,(H,19,24)(H,20,25)(H,21,22). The number of benzene rings is 2. The minimum atomic E-state index is -0.592. The molecule has 2 aromatic carbocycles. The second-order valence-electron chi connectivity index (χ2n) is 5.56. The normalized spacial score (nSPS) is 10.4. The van der Waals surface area contributed by atoms with Crippen LogP contribution in [0.4, 0.5) is 11.4 Å². The third kappa shape index (κ3) is 3.66. The number of H-pyrrole nitrogens is 1. The van der Waals surface area contributed by atoms with Gasteiger partial charge >= 0.3 is 0 Å². The summed E-state index contributed by atoms with van der Waals surface area (Å²) in [6.45, 7) is 3.82. The van der Waals surface area contributed by atoms with Crippen LogP contribution in [-0.2, 0) is 0 Å². The Morgan fingerprint density at radius 3 is 2.74 bits per heavy atom. The zero-order valence-corrected chi connectivity index (χ0v) is 14.1. The first-order valence-electron chi connectivity index (χ1n) is 7.93. The van der Waals surface area contributed by atoms with Crippen molar-refractivity contribution in [3.8, 4) is 0 Å². The molecule has 0 aliphatic rings. The van der Waals surface area contributed by atoms with Gasteiger partial charge in [0.2, 0.25) is 0 Å². The number of aromatic amines is 1. The van der Waals surface area contributed by atoms with Crippen LogP contribution in [0.25, 0.3) is 10.9 Å². The molecule has 27 heavy (non-hydrogen) atoms. The summed E-state index contributed by atoms with van der Waals surface area (Å²) in [4.78, 5) is 35.3.